The van der Waals surface area contributed by atoms with Gasteiger partial charge < -0.3 is 4.74 Å². The van der Waals surface area contributed by atoms with Crippen LogP contribution in [-0.2, 0) is 16.6 Å². The van der Waals surface area contributed by atoms with Crippen molar-refractivity contribution in [2.75, 3.05) is 7.11 Å². The molecule has 6 nitrogen and oxygen atoms in total. The van der Waals surface area contributed by atoms with Crippen LogP contribution in [0.4, 0.5) is 0 Å². The molecular formula is C22H19N3O3S. The largest absolute Gasteiger partial charge is 0.497 e. The molecule has 0 aliphatic rings. The molecule has 0 aliphatic carbocycles. The van der Waals surface area contributed by atoms with Gasteiger partial charge >= 0.3 is 0 Å². The summed E-state index contributed by atoms with van der Waals surface area (Å²) in [6.07, 6.45) is 1.43. The molecule has 1 aromatic heterocycles. The molecule has 146 valence electrons. The summed E-state index contributed by atoms with van der Waals surface area (Å²) in [6.45, 7) is 0.0667. The van der Waals surface area contributed by atoms with Gasteiger partial charge in [0.05, 0.1) is 29.9 Å². The van der Waals surface area contributed by atoms with Crippen LogP contribution in [-0.4, -0.2) is 25.5 Å². The summed E-state index contributed by atoms with van der Waals surface area (Å²) >= 11 is 0. The summed E-state index contributed by atoms with van der Waals surface area (Å²) in [7, 11) is -2.09. The molecule has 0 bridgehead atoms. The van der Waals surface area contributed by atoms with Gasteiger partial charge in [0.15, 0.2) is 0 Å². The zero-order valence-electron chi connectivity index (χ0n) is 15.7. The summed E-state index contributed by atoms with van der Waals surface area (Å²) in [5.41, 5.74) is 2.18. The molecule has 3 aromatic carbocycles. The quantitative estimate of drug-likeness (QED) is 0.528. The molecule has 0 saturated heterocycles. The number of hydrogen-bond donors (Lipinski definition) is 1. The number of methoxy groups -OCH3 is 1. The predicted octanol–water partition coefficient (Wildman–Crippen LogP) is 3.78. The van der Waals surface area contributed by atoms with Gasteiger partial charge in [-0.3, -0.25) is 0 Å². The third kappa shape index (κ3) is 4.11. The Balaban J connectivity index is 1.57. The number of sulfonamides is 1. The first kappa shape index (κ1) is 19.0. The average molecular weight is 405 g/mol. The summed E-state index contributed by atoms with van der Waals surface area (Å²) in [5.74, 6) is 0.755. The minimum absolute atomic E-state index is 0.0667. The van der Waals surface area contributed by atoms with Crippen molar-refractivity contribution in [1.82, 2.24) is 14.7 Å². The minimum Gasteiger partial charge on any atom is -0.497 e. The third-order valence-electron chi connectivity index (χ3n) is 4.59. The predicted molar refractivity (Wildman–Crippen MR) is 112 cm³/mol. The molecule has 7 heteroatoms. The molecule has 4 aromatic rings. The zero-order valence-corrected chi connectivity index (χ0v) is 16.6. The molecule has 0 saturated carbocycles. The van der Waals surface area contributed by atoms with E-state index in [9.17, 15) is 8.42 Å². The molecule has 0 aliphatic heterocycles. The van der Waals surface area contributed by atoms with Crippen molar-refractivity contribution < 1.29 is 13.2 Å². The third-order valence-corrected chi connectivity index (χ3v) is 6.05. The Labute approximate surface area is 169 Å². The Morgan fingerprint density at radius 2 is 1.69 bits per heavy atom. The van der Waals surface area contributed by atoms with Crippen LogP contribution < -0.4 is 9.46 Å². The Hall–Kier alpha value is -3.29. The van der Waals surface area contributed by atoms with Gasteiger partial charge in [-0.05, 0) is 41.8 Å². The lowest BCUT2D eigenvalue weighted by atomic mass is 10.1. The molecule has 1 N–H and O–H groups in total. The number of aromatic nitrogens is 2. The van der Waals surface area contributed by atoms with Gasteiger partial charge in [0.2, 0.25) is 10.0 Å². The van der Waals surface area contributed by atoms with E-state index in [2.05, 4.69) is 14.7 Å². The Kier molecular flexibility index (Phi) is 5.24. The molecule has 0 spiro atoms. The lowest BCUT2D eigenvalue weighted by molar-refractivity contribution is 0.415. The van der Waals surface area contributed by atoms with Crippen LogP contribution in [0, 0.1) is 0 Å². The van der Waals surface area contributed by atoms with Gasteiger partial charge in [-0.15, -0.1) is 0 Å². The smallest absolute Gasteiger partial charge is 0.241 e. The van der Waals surface area contributed by atoms with Gasteiger partial charge in [-0.1, -0.05) is 36.4 Å². The van der Waals surface area contributed by atoms with Crippen molar-refractivity contribution in [1.29, 1.82) is 0 Å². The van der Waals surface area contributed by atoms with Crippen LogP contribution in [0.2, 0.25) is 0 Å². The Morgan fingerprint density at radius 3 is 2.48 bits per heavy atom. The van der Waals surface area contributed by atoms with Gasteiger partial charge in [0, 0.05) is 10.9 Å². The molecule has 0 amide bonds. The van der Waals surface area contributed by atoms with E-state index >= 15 is 0 Å². The molecule has 4 rings (SSSR count). The summed E-state index contributed by atoms with van der Waals surface area (Å²) < 4.78 is 33.6. The first-order valence-electron chi connectivity index (χ1n) is 8.99. The summed E-state index contributed by atoms with van der Waals surface area (Å²) in [4.78, 5) is 8.72. The van der Waals surface area contributed by atoms with Crippen LogP contribution >= 0.6 is 0 Å². The fourth-order valence-electron chi connectivity index (χ4n) is 3.09. The van der Waals surface area contributed by atoms with Gasteiger partial charge in [0.25, 0.3) is 0 Å². The molecule has 0 unspecified atom stereocenters. The summed E-state index contributed by atoms with van der Waals surface area (Å²) in [6, 6.07) is 21.9. The van der Waals surface area contributed by atoms with Crippen LogP contribution in [0.1, 0.15) is 5.69 Å². The van der Waals surface area contributed by atoms with Crippen molar-refractivity contribution in [3.8, 4) is 17.0 Å². The first-order chi connectivity index (χ1) is 14.1. The topological polar surface area (TPSA) is 81.2 Å². The average Bonchev–Trinajstić information content (AvgIpc) is 2.77. The van der Waals surface area contributed by atoms with Crippen LogP contribution in [0.25, 0.3) is 22.0 Å². The number of benzene rings is 3. The maximum atomic E-state index is 12.9. The monoisotopic (exact) mass is 405 g/mol. The maximum absolute atomic E-state index is 12.9. The van der Waals surface area contributed by atoms with E-state index < -0.39 is 10.0 Å². The van der Waals surface area contributed by atoms with Crippen LogP contribution in [0.5, 0.6) is 5.75 Å². The van der Waals surface area contributed by atoms with E-state index in [1.807, 2.05) is 48.5 Å². The van der Waals surface area contributed by atoms with E-state index in [1.165, 1.54) is 6.33 Å². The second-order valence-corrected chi connectivity index (χ2v) is 8.16. The van der Waals surface area contributed by atoms with Gasteiger partial charge in [-0.2, -0.15) is 0 Å². The molecule has 1 heterocycles. The standard InChI is InChI=1S/C22H19N3O3S/c1-28-19-11-9-17(10-12-19)21-13-18(23-15-24-21)14-25-29(26,27)22-8-4-6-16-5-2-3-7-20(16)22/h2-13,15,25H,14H2,1H3. The number of nitrogens with zero attached hydrogens (tertiary/aromatic N) is 2. The second-order valence-electron chi connectivity index (χ2n) is 6.42. The number of rotatable bonds is 6. The summed E-state index contributed by atoms with van der Waals surface area (Å²) in [5, 5.41) is 1.56. The number of nitrogens with one attached hydrogen (secondary N) is 1. The van der Waals surface area contributed by atoms with E-state index in [0.717, 1.165) is 16.7 Å². The molecule has 0 radical (unpaired) electrons. The van der Waals surface area contributed by atoms with Crippen molar-refractivity contribution in [2.24, 2.45) is 0 Å². The Morgan fingerprint density at radius 1 is 0.931 bits per heavy atom. The van der Waals surface area contributed by atoms with E-state index in [4.69, 9.17) is 4.74 Å². The van der Waals surface area contributed by atoms with Crippen LogP contribution in [0.3, 0.4) is 0 Å². The highest BCUT2D eigenvalue weighted by Crippen LogP contribution is 2.23. The van der Waals surface area contributed by atoms with E-state index in [1.54, 1.807) is 31.4 Å². The number of hydrogen-bond acceptors (Lipinski definition) is 5. The van der Waals surface area contributed by atoms with Crippen molar-refractivity contribution in [2.45, 2.75) is 11.4 Å². The van der Waals surface area contributed by atoms with Crippen molar-refractivity contribution >= 4 is 20.8 Å². The van der Waals surface area contributed by atoms with Crippen molar-refractivity contribution in [3.63, 3.8) is 0 Å². The number of ether oxygens (including phenoxy) is 1. The molecular weight excluding hydrogens is 386 g/mol. The van der Waals surface area contributed by atoms with E-state index in [0.29, 0.717) is 16.8 Å². The normalized spacial score (nSPS) is 11.5. The fourth-order valence-corrected chi connectivity index (χ4v) is 4.32. The Bertz CT molecular complexity index is 1250. The van der Waals surface area contributed by atoms with Gasteiger partial charge in [0.1, 0.15) is 12.1 Å². The van der Waals surface area contributed by atoms with Crippen LogP contribution in [0.15, 0.2) is 84.0 Å². The lowest BCUT2D eigenvalue weighted by Crippen LogP contribution is -2.24. The highest BCUT2D eigenvalue weighted by atomic mass is 32.2. The van der Waals surface area contributed by atoms with Gasteiger partial charge in [-0.25, -0.2) is 23.1 Å². The minimum atomic E-state index is -3.70. The highest BCUT2D eigenvalue weighted by Gasteiger charge is 2.17. The number of fused-ring (bicyclic) bond motifs is 1. The maximum Gasteiger partial charge on any atom is 0.241 e. The zero-order chi connectivity index (χ0) is 20.3. The SMILES string of the molecule is COc1ccc(-c2cc(CNS(=O)(=O)c3cccc4ccccc34)ncn2)cc1. The molecule has 0 fully saturated rings. The fraction of sp³-hybridized carbons (Fsp3) is 0.0909. The molecule has 0 atom stereocenters. The highest BCUT2D eigenvalue weighted by molar-refractivity contribution is 7.89. The first-order valence-corrected chi connectivity index (χ1v) is 10.5. The molecule has 29 heavy (non-hydrogen) atoms. The second kappa shape index (κ2) is 7.98. The van der Waals surface area contributed by atoms with Crippen molar-refractivity contribution in [3.05, 3.63) is 84.8 Å². The van der Waals surface area contributed by atoms with E-state index in [-0.39, 0.29) is 11.4 Å². The lowest BCUT2D eigenvalue weighted by Gasteiger charge is -2.10.